The summed E-state index contributed by atoms with van der Waals surface area (Å²) < 4.78 is 0. The summed E-state index contributed by atoms with van der Waals surface area (Å²) in [6.07, 6.45) is 2.21. The Balaban J connectivity index is 2.32. The summed E-state index contributed by atoms with van der Waals surface area (Å²) >= 11 is 0. The van der Waals surface area contributed by atoms with E-state index in [0.29, 0.717) is 13.0 Å². The van der Waals surface area contributed by atoms with Crippen molar-refractivity contribution in [2.45, 2.75) is 33.1 Å². The third-order valence-electron chi connectivity index (χ3n) is 2.88. The third-order valence-corrected chi connectivity index (χ3v) is 2.88. The first-order valence-corrected chi connectivity index (χ1v) is 6.84. The Morgan fingerprint density at radius 3 is 2.30 bits per heavy atom. The number of hydrazone groups is 1. The number of amides is 2. The molecule has 0 heterocycles. The Labute approximate surface area is 119 Å². The molecule has 0 atom stereocenters. The van der Waals surface area contributed by atoms with Crippen LogP contribution in [0.15, 0.2) is 35.4 Å². The molecule has 1 aromatic rings. The van der Waals surface area contributed by atoms with Crippen molar-refractivity contribution in [2.24, 2.45) is 5.10 Å². The standard InChI is InChI=1S/C15H21N3O2/c1-3-13(4-2)17-18-15(20)14(19)16-11-10-12-8-6-5-7-9-12/h5-9H,3-4,10-11H2,1-2H3,(H,16,19)(H,18,20). The minimum atomic E-state index is -0.725. The van der Waals surface area contributed by atoms with Gasteiger partial charge < -0.3 is 5.32 Å². The van der Waals surface area contributed by atoms with E-state index < -0.39 is 11.8 Å². The molecule has 0 spiro atoms. The summed E-state index contributed by atoms with van der Waals surface area (Å²) in [7, 11) is 0. The molecule has 0 saturated carbocycles. The highest BCUT2D eigenvalue weighted by Gasteiger charge is 2.11. The van der Waals surface area contributed by atoms with Gasteiger partial charge in [0.1, 0.15) is 0 Å². The highest BCUT2D eigenvalue weighted by molar-refractivity contribution is 6.35. The second kappa shape index (κ2) is 8.85. The SMILES string of the molecule is CCC(CC)=NNC(=O)C(=O)NCCc1ccccc1. The Bertz CT molecular complexity index is 463. The van der Waals surface area contributed by atoms with E-state index >= 15 is 0 Å². The number of carbonyl (C=O) groups is 2. The molecule has 108 valence electrons. The Morgan fingerprint density at radius 1 is 1.05 bits per heavy atom. The molecule has 2 amide bonds. The van der Waals surface area contributed by atoms with Gasteiger partial charge in [0.05, 0.1) is 0 Å². The molecule has 0 aromatic heterocycles. The average molecular weight is 275 g/mol. The zero-order valence-corrected chi connectivity index (χ0v) is 12.0. The lowest BCUT2D eigenvalue weighted by Crippen LogP contribution is -2.39. The highest BCUT2D eigenvalue weighted by atomic mass is 16.2. The fourth-order valence-corrected chi connectivity index (χ4v) is 1.63. The van der Waals surface area contributed by atoms with Crippen molar-refractivity contribution in [3.05, 3.63) is 35.9 Å². The van der Waals surface area contributed by atoms with Crippen LogP contribution in [0.5, 0.6) is 0 Å². The van der Waals surface area contributed by atoms with E-state index in [-0.39, 0.29) is 0 Å². The topological polar surface area (TPSA) is 70.6 Å². The first-order chi connectivity index (χ1) is 9.67. The van der Waals surface area contributed by atoms with Crippen molar-refractivity contribution in [1.82, 2.24) is 10.7 Å². The number of nitrogens with zero attached hydrogens (tertiary/aromatic N) is 1. The zero-order valence-electron chi connectivity index (χ0n) is 12.0. The van der Waals surface area contributed by atoms with Crippen LogP contribution in [0.2, 0.25) is 0 Å². The van der Waals surface area contributed by atoms with Crippen LogP contribution in [-0.2, 0) is 16.0 Å². The number of hydrogen-bond donors (Lipinski definition) is 2. The predicted molar refractivity (Wildman–Crippen MR) is 79.3 cm³/mol. The number of hydrogen-bond acceptors (Lipinski definition) is 3. The molecule has 1 rings (SSSR count). The predicted octanol–water partition coefficient (Wildman–Crippen LogP) is 1.64. The van der Waals surface area contributed by atoms with Gasteiger partial charge >= 0.3 is 11.8 Å². The van der Waals surface area contributed by atoms with E-state index in [4.69, 9.17) is 0 Å². The third kappa shape index (κ3) is 5.65. The van der Waals surface area contributed by atoms with Crippen LogP contribution in [0.3, 0.4) is 0 Å². The molecular formula is C15H21N3O2. The normalized spacial score (nSPS) is 9.70. The number of nitrogens with one attached hydrogen (secondary N) is 2. The van der Waals surface area contributed by atoms with Crippen LogP contribution in [0, 0.1) is 0 Å². The molecular weight excluding hydrogens is 254 g/mol. The maximum atomic E-state index is 11.5. The Morgan fingerprint density at radius 2 is 1.70 bits per heavy atom. The minimum Gasteiger partial charge on any atom is -0.347 e. The summed E-state index contributed by atoms with van der Waals surface area (Å²) in [6.45, 7) is 4.33. The molecule has 20 heavy (non-hydrogen) atoms. The Hall–Kier alpha value is -2.17. The Kier molecular flexibility index (Phi) is 7.03. The van der Waals surface area contributed by atoms with Gasteiger partial charge in [-0.3, -0.25) is 9.59 Å². The largest absolute Gasteiger partial charge is 0.347 e. The summed E-state index contributed by atoms with van der Waals surface area (Å²) in [4.78, 5) is 23.0. The second-order valence-corrected chi connectivity index (χ2v) is 4.32. The molecule has 5 heteroatoms. The summed E-state index contributed by atoms with van der Waals surface area (Å²) in [5.41, 5.74) is 4.24. The van der Waals surface area contributed by atoms with Gasteiger partial charge in [-0.15, -0.1) is 0 Å². The van der Waals surface area contributed by atoms with E-state index in [1.807, 2.05) is 44.2 Å². The smallest absolute Gasteiger partial charge is 0.329 e. The average Bonchev–Trinajstić information content (AvgIpc) is 2.49. The van der Waals surface area contributed by atoms with Crippen LogP contribution in [0.25, 0.3) is 0 Å². The van der Waals surface area contributed by atoms with Gasteiger partial charge in [0.2, 0.25) is 0 Å². The zero-order chi connectivity index (χ0) is 14.8. The van der Waals surface area contributed by atoms with E-state index in [1.165, 1.54) is 0 Å². The van der Waals surface area contributed by atoms with Crippen molar-refractivity contribution in [3.63, 3.8) is 0 Å². The van der Waals surface area contributed by atoms with Gasteiger partial charge in [-0.25, -0.2) is 5.43 Å². The number of rotatable bonds is 6. The van der Waals surface area contributed by atoms with Gasteiger partial charge in [-0.2, -0.15) is 5.10 Å². The molecule has 2 N–H and O–H groups in total. The van der Waals surface area contributed by atoms with Crippen molar-refractivity contribution in [2.75, 3.05) is 6.54 Å². The van der Waals surface area contributed by atoms with E-state index in [2.05, 4.69) is 15.8 Å². The fourth-order valence-electron chi connectivity index (χ4n) is 1.63. The summed E-state index contributed by atoms with van der Waals surface area (Å²) in [5.74, 6) is -1.38. The van der Waals surface area contributed by atoms with E-state index in [1.54, 1.807) is 0 Å². The maximum Gasteiger partial charge on any atom is 0.329 e. The molecule has 1 aromatic carbocycles. The van der Waals surface area contributed by atoms with Crippen molar-refractivity contribution >= 4 is 17.5 Å². The van der Waals surface area contributed by atoms with Gasteiger partial charge in [-0.05, 0) is 24.8 Å². The fraction of sp³-hybridized carbons (Fsp3) is 0.400. The van der Waals surface area contributed by atoms with Crippen LogP contribution < -0.4 is 10.7 Å². The molecule has 0 aliphatic carbocycles. The number of carbonyl (C=O) groups excluding carboxylic acids is 2. The molecule has 5 nitrogen and oxygen atoms in total. The van der Waals surface area contributed by atoms with Crippen molar-refractivity contribution in [3.8, 4) is 0 Å². The molecule has 0 aliphatic heterocycles. The van der Waals surface area contributed by atoms with Crippen molar-refractivity contribution < 1.29 is 9.59 Å². The lowest BCUT2D eigenvalue weighted by Gasteiger charge is -2.05. The van der Waals surface area contributed by atoms with Gasteiger partial charge in [0, 0.05) is 12.3 Å². The first-order valence-electron chi connectivity index (χ1n) is 6.84. The van der Waals surface area contributed by atoms with Crippen LogP contribution >= 0.6 is 0 Å². The van der Waals surface area contributed by atoms with Gasteiger partial charge in [0.25, 0.3) is 0 Å². The first kappa shape index (κ1) is 15.9. The quantitative estimate of drug-likeness (QED) is 0.470. The maximum absolute atomic E-state index is 11.5. The van der Waals surface area contributed by atoms with Crippen LogP contribution in [0.4, 0.5) is 0 Å². The minimum absolute atomic E-state index is 0.425. The molecule has 0 aliphatic rings. The van der Waals surface area contributed by atoms with E-state index in [9.17, 15) is 9.59 Å². The summed E-state index contributed by atoms with van der Waals surface area (Å²) in [6, 6.07) is 9.77. The highest BCUT2D eigenvalue weighted by Crippen LogP contribution is 1.98. The summed E-state index contributed by atoms with van der Waals surface area (Å²) in [5, 5.41) is 6.47. The second-order valence-electron chi connectivity index (χ2n) is 4.32. The molecule has 0 fully saturated rings. The van der Waals surface area contributed by atoms with Gasteiger partial charge in [-0.1, -0.05) is 44.2 Å². The van der Waals surface area contributed by atoms with Gasteiger partial charge in [0.15, 0.2) is 0 Å². The lowest BCUT2D eigenvalue weighted by molar-refractivity contribution is -0.139. The molecule has 0 unspecified atom stereocenters. The lowest BCUT2D eigenvalue weighted by atomic mass is 10.1. The molecule has 0 radical (unpaired) electrons. The monoisotopic (exact) mass is 275 g/mol. The van der Waals surface area contributed by atoms with Crippen LogP contribution in [0.1, 0.15) is 32.3 Å². The molecule has 0 saturated heterocycles. The van der Waals surface area contributed by atoms with Crippen molar-refractivity contribution in [1.29, 1.82) is 0 Å². The number of benzene rings is 1. The van der Waals surface area contributed by atoms with E-state index in [0.717, 1.165) is 24.1 Å². The van der Waals surface area contributed by atoms with Crippen LogP contribution in [-0.4, -0.2) is 24.1 Å². The molecule has 0 bridgehead atoms.